The molecule has 2 unspecified atom stereocenters. The summed E-state index contributed by atoms with van der Waals surface area (Å²) in [6.45, 7) is 7.44. The summed E-state index contributed by atoms with van der Waals surface area (Å²) in [5.41, 5.74) is 2.05. The van der Waals surface area contributed by atoms with Crippen molar-refractivity contribution in [1.82, 2.24) is 9.55 Å². The first kappa shape index (κ1) is 14.8. The van der Waals surface area contributed by atoms with Crippen LogP contribution < -0.4 is 0 Å². The number of benzene rings is 1. The van der Waals surface area contributed by atoms with Crippen molar-refractivity contribution >= 4 is 38.6 Å². The first-order valence-electron chi connectivity index (χ1n) is 6.43. The lowest BCUT2D eigenvalue weighted by molar-refractivity contribution is 0.119. The van der Waals surface area contributed by atoms with Crippen LogP contribution in [0, 0.1) is 0 Å². The molecule has 0 spiro atoms. The number of alkyl halides is 1. The van der Waals surface area contributed by atoms with Crippen LogP contribution in [0.5, 0.6) is 0 Å². The second-order valence-electron chi connectivity index (χ2n) is 4.60. The number of fused-ring (bicyclic) bond motifs is 1. The molecule has 0 aliphatic carbocycles. The van der Waals surface area contributed by atoms with Crippen molar-refractivity contribution in [2.75, 3.05) is 13.2 Å². The number of hydrogen-bond acceptors (Lipinski definition) is 2. The van der Waals surface area contributed by atoms with E-state index in [4.69, 9.17) is 16.3 Å². The number of ether oxygens (including phenoxy) is 1. The van der Waals surface area contributed by atoms with Crippen molar-refractivity contribution in [1.29, 1.82) is 0 Å². The third kappa shape index (κ3) is 3.12. The van der Waals surface area contributed by atoms with Gasteiger partial charge in [0.2, 0.25) is 0 Å². The van der Waals surface area contributed by atoms with E-state index in [-0.39, 0.29) is 11.4 Å². The highest BCUT2D eigenvalue weighted by atomic mass is 79.9. The molecular weight excluding hydrogens is 328 g/mol. The largest absolute Gasteiger partial charge is 0.380 e. The quantitative estimate of drug-likeness (QED) is 0.735. The van der Waals surface area contributed by atoms with Gasteiger partial charge in [0.1, 0.15) is 5.82 Å². The number of hydrogen-bond donors (Lipinski definition) is 0. The summed E-state index contributed by atoms with van der Waals surface area (Å²) in [5, 5.41) is -0.129. The van der Waals surface area contributed by atoms with E-state index in [2.05, 4.69) is 38.5 Å². The number of nitrogens with zero attached hydrogens (tertiary/aromatic N) is 2. The zero-order valence-electron chi connectivity index (χ0n) is 11.4. The number of rotatable bonds is 5. The van der Waals surface area contributed by atoms with Crippen LogP contribution in [-0.4, -0.2) is 22.8 Å². The predicted octanol–water partition coefficient (Wildman–Crippen LogP) is 4.70. The van der Waals surface area contributed by atoms with E-state index in [1.54, 1.807) is 0 Å². The Hall–Kier alpha value is -0.580. The zero-order chi connectivity index (χ0) is 14.0. The van der Waals surface area contributed by atoms with Gasteiger partial charge in [-0.3, -0.25) is 0 Å². The van der Waals surface area contributed by atoms with Gasteiger partial charge >= 0.3 is 0 Å². The molecule has 0 fully saturated rings. The molecule has 0 N–H and O–H groups in total. The van der Waals surface area contributed by atoms with E-state index in [0.29, 0.717) is 13.2 Å². The highest BCUT2D eigenvalue weighted by Crippen LogP contribution is 2.29. The van der Waals surface area contributed by atoms with Gasteiger partial charge in [-0.2, -0.15) is 0 Å². The minimum absolute atomic E-state index is 0.129. The van der Waals surface area contributed by atoms with Gasteiger partial charge in [-0.15, -0.1) is 11.6 Å². The summed E-state index contributed by atoms with van der Waals surface area (Å²) in [7, 11) is 0. The van der Waals surface area contributed by atoms with Gasteiger partial charge in [-0.1, -0.05) is 15.9 Å². The average Bonchev–Trinajstić information content (AvgIpc) is 2.74. The molecule has 2 rings (SSSR count). The first-order chi connectivity index (χ1) is 9.04. The highest BCUT2D eigenvalue weighted by molar-refractivity contribution is 9.10. The molecule has 0 saturated carbocycles. The Morgan fingerprint density at radius 2 is 2.16 bits per heavy atom. The summed E-state index contributed by atoms with van der Waals surface area (Å²) in [6, 6.07) is 6.28. The molecule has 0 aliphatic heterocycles. The zero-order valence-corrected chi connectivity index (χ0v) is 13.7. The van der Waals surface area contributed by atoms with Crippen LogP contribution in [0.25, 0.3) is 11.0 Å². The normalized spacial score (nSPS) is 14.8. The number of aromatic nitrogens is 2. The SMILES string of the molecule is CCOCC(C)n1c(C(C)Cl)nc2ccc(Br)cc21. The lowest BCUT2D eigenvalue weighted by Crippen LogP contribution is -2.15. The van der Waals surface area contributed by atoms with E-state index in [1.165, 1.54) is 0 Å². The van der Waals surface area contributed by atoms with Gasteiger partial charge in [0, 0.05) is 11.1 Å². The fraction of sp³-hybridized carbons (Fsp3) is 0.500. The van der Waals surface area contributed by atoms with Gasteiger partial charge in [0.05, 0.1) is 29.1 Å². The molecule has 1 aromatic heterocycles. The van der Waals surface area contributed by atoms with E-state index < -0.39 is 0 Å². The van der Waals surface area contributed by atoms with Crippen molar-refractivity contribution in [2.45, 2.75) is 32.2 Å². The molecule has 5 heteroatoms. The molecule has 19 heavy (non-hydrogen) atoms. The molecule has 0 amide bonds. The van der Waals surface area contributed by atoms with Crippen LogP contribution in [0.1, 0.15) is 38.0 Å². The molecule has 0 aliphatic rings. The van der Waals surface area contributed by atoms with Crippen LogP contribution in [0.3, 0.4) is 0 Å². The van der Waals surface area contributed by atoms with Crippen molar-refractivity contribution < 1.29 is 4.74 Å². The summed E-state index contributed by atoms with van der Waals surface area (Å²) in [5.74, 6) is 0.891. The number of halogens is 2. The third-order valence-electron chi connectivity index (χ3n) is 3.04. The molecule has 0 bridgehead atoms. The molecule has 0 saturated heterocycles. The lowest BCUT2D eigenvalue weighted by atomic mass is 10.2. The summed E-state index contributed by atoms with van der Waals surface area (Å²) in [6.07, 6.45) is 0. The molecule has 2 aromatic rings. The smallest absolute Gasteiger partial charge is 0.128 e. The van der Waals surface area contributed by atoms with Crippen LogP contribution in [-0.2, 0) is 4.74 Å². The summed E-state index contributed by atoms with van der Waals surface area (Å²) >= 11 is 9.77. The van der Waals surface area contributed by atoms with Crippen LogP contribution in [0.4, 0.5) is 0 Å². The van der Waals surface area contributed by atoms with Gasteiger partial charge < -0.3 is 9.30 Å². The van der Waals surface area contributed by atoms with E-state index >= 15 is 0 Å². The van der Waals surface area contributed by atoms with Crippen molar-refractivity contribution in [3.05, 3.63) is 28.5 Å². The Labute approximate surface area is 127 Å². The number of imidazole rings is 1. The van der Waals surface area contributed by atoms with Crippen molar-refractivity contribution in [2.24, 2.45) is 0 Å². The maximum Gasteiger partial charge on any atom is 0.128 e. The Bertz CT molecular complexity index is 568. The molecular formula is C14H18BrClN2O. The van der Waals surface area contributed by atoms with Gasteiger partial charge in [-0.25, -0.2) is 4.98 Å². The van der Waals surface area contributed by atoms with E-state index in [0.717, 1.165) is 21.3 Å². The fourth-order valence-corrected chi connectivity index (χ4v) is 2.69. The fourth-order valence-electron chi connectivity index (χ4n) is 2.19. The minimum Gasteiger partial charge on any atom is -0.380 e. The van der Waals surface area contributed by atoms with E-state index in [1.807, 2.05) is 26.0 Å². The van der Waals surface area contributed by atoms with Crippen LogP contribution in [0.2, 0.25) is 0 Å². The molecule has 2 atom stereocenters. The van der Waals surface area contributed by atoms with Crippen LogP contribution in [0.15, 0.2) is 22.7 Å². The molecule has 1 heterocycles. The van der Waals surface area contributed by atoms with Crippen molar-refractivity contribution in [3.63, 3.8) is 0 Å². The lowest BCUT2D eigenvalue weighted by Gasteiger charge is -2.18. The molecule has 104 valence electrons. The Balaban J connectivity index is 2.53. The van der Waals surface area contributed by atoms with E-state index in [9.17, 15) is 0 Å². The molecule has 0 radical (unpaired) electrons. The molecule has 3 nitrogen and oxygen atoms in total. The minimum atomic E-state index is -0.129. The van der Waals surface area contributed by atoms with Crippen molar-refractivity contribution in [3.8, 4) is 0 Å². The maximum absolute atomic E-state index is 6.26. The Morgan fingerprint density at radius 3 is 2.79 bits per heavy atom. The Kier molecular flexibility index (Phi) is 4.87. The first-order valence-corrected chi connectivity index (χ1v) is 7.66. The average molecular weight is 346 g/mol. The summed E-state index contributed by atoms with van der Waals surface area (Å²) < 4.78 is 8.74. The summed E-state index contributed by atoms with van der Waals surface area (Å²) in [4.78, 5) is 4.64. The van der Waals surface area contributed by atoms with Gasteiger partial charge in [-0.05, 0) is 39.0 Å². The van der Waals surface area contributed by atoms with Gasteiger partial charge in [0.15, 0.2) is 0 Å². The Morgan fingerprint density at radius 1 is 1.42 bits per heavy atom. The topological polar surface area (TPSA) is 27.1 Å². The van der Waals surface area contributed by atoms with Gasteiger partial charge in [0.25, 0.3) is 0 Å². The predicted molar refractivity (Wildman–Crippen MR) is 82.9 cm³/mol. The second kappa shape index (κ2) is 6.25. The third-order valence-corrected chi connectivity index (χ3v) is 3.73. The van der Waals surface area contributed by atoms with Crippen LogP contribution >= 0.6 is 27.5 Å². The highest BCUT2D eigenvalue weighted by Gasteiger charge is 2.19. The standard InChI is InChI=1S/C14H18BrClN2O/c1-4-19-8-9(2)18-13-7-11(15)5-6-12(13)17-14(18)10(3)16/h5-7,9-10H,4,8H2,1-3H3. The monoisotopic (exact) mass is 344 g/mol. The molecule has 1 aromatic carbocycles. The second-order valence-corrected chi connectivity index (χ2v) is 6.17. The maximum atomic E-state index is 6.26.